The number of rotatable bonds is 1. The SMILES string of the molecule is Cc1ccc2c(c1)c1cc(C(F)(F)F)ccc1n2C1CCNC[C@H]1O. The number of piperidine rings is 1. The Bertz CT molecular complexity index is 945. The zero-order chi connectivity index (χ0) is 17.8. The zero-order valence-corrected chi connectivity index (χ0v) is 13.8. The van der Waals surface area contributed by atoms with Crippen LogP contribution >= 0.6 is 0 Å². The Kier molecular flexibility index (Phi) is 3.77. The minimum atomic E-state index is -4.37. The van der Waals surface area contributed by atoms with Crippen molar-refractivity contribution in [2.45, 2.75) is 31.7 Å². The van der Waals surface area contributed by atoms with Crippen molar-refractivity contribution in [2.75, 3.05) is 13.1 Å². The van der Waals surface area contributed by atoms with Crippen molar-refractivity contribution in [3.63, 3.8) is 0 Å². The van der Waals surface area contributed by atoms with Crippen molar-refractivity contribution in [1.82, 2.24) is 9.88 Å². The second kappa shape index (κ2) is 5.75. The summed E-state index contributed by atoms with van der Waals surface area (Å²) < 4.78 is 41.5. The van der Waals surface area contributed by atoms with Crippen LogP contribution in [0.3, 0.4) is 0 Å². The number of hydrogen-bond acceptors (Lipinski definition) is 2. The number of nitrogens with zero attached hydrogens (tertiary/aromatic N) is 1. The van der Waals surface area contributed by atoms with Crippen molar-refractivity contribution in [1.29, 1.82) is 0 Å². The molecule has 4 rings (SSSR count). The molecule has 3 aromatic rings. The number of aliphatic hydroxyl groups excluding tert-OH is 1. The van der Waals surface area contributed by atoms with E-state index in [2.05, 4.69) is 5.32 Å². The van der Waals surface area contributed by atoms with E-state index in [4.69, 9.17) is 0 Å². The van der Waals surface area contributed by atoms with Gasteiger partial charge >= 0.3 is 6.18 Å². The molecule has 25 heavy (non-hydrogen) atoms. The molecule has 0 bridgehead atoms. The lowest BCUT2D eigenvalue weighted by molar-refractivity contribution is -0.137. The summed E-state index contributed by atoms with van der Waals surface area (Å²) in [6, 6.07) is 9.53. The van der Waals surface area contributed by atoms with Crippen LogP contribution in [0, 0.1) is 6.92 Å². The summed E-state index contributed by atoms with van der Waals surface area (Å²) in [6.07, 6.45) is -4.22. The average Bonchev–Trinajstić information content (AvgIpc) is 2.87. The summed E-state index contributed by atoms with van der Waals surface area (Å²) >= 11 is 0. The maximum absolute atomic E-state index is 13.2. The predicted molar refractivity (Wildman–Crippen MR) is 91.7 cm³/mol. The molecule has 1 aromatic heterocycles. The van der Waals surface area contributed by atoms with E-state index in [1.54, 1.807) is 0 Å². The topological polar surface area (TPSA) is 37.2 Å². The Labute approximate surface area is 143 Å². The number of benzene rings is 2. The van der Waals surface area contributed by atoms with Crippen molar-refractivity contribution < 1.29 is 18.3 Å². The van der Waals surface area contributed by atoms with E-state index < -0.39 is 17.8 Å². The molecular weight excluding hydrogens is 329 g/mol. The second-order valence-electron chi connectivity index (χ2n) is 6.75. The van der Waals surface area contributed by atoms with Crippen molar-refractivity contribution in [3.8, 4) is 0 Å². The van der Waals surface area contributed by atoms with Crippen LogP contribution in [-0.2, 0) is 6.18 Å². The van der Waals surface area contributed by atoms with Crippen molar-refractivity contribution in [2.24, 2.45) is 0 Å². The van der Waals surface area contributed by atoms with Crippen LogP contribution in [0.25, 0.3) is 21.8 Å². The highest BCUT2D eigenvalue weighted by atomic mass is 19.4. The fourth-order valence-electron chi connectivity index (χ4n) is 3.83. The molecule has 6 heteroatoms. The number of fused-ring (bicyclic) bond motifs is 3. The summed E-state index contributed by atoms with van der Waals surface area (Å²) in [6.45, 7) is 3.18. The van der Waals surface area contributed by atoms with E-state index in [0.717, 1.165) is 41.0 Å². The molecule has 1 unspecified atom stereocenters. The molecular formula is C19H19F3N2O. The molecule has 0 radical (unpaired) electrons. The molecule has 1 fully saturated rings. The third-order valence-corrected chi connectivity index (χ3v) is 5.03. The predicted octanol–water partition coefficient (Wildman–Crippen LogP) is 4.02. The number of halogens is 3. The number of aryl methyl sites for hydroxylation is 1. The number of aromatic nitrogens is 1. The summed E-state index contributed by atoms with van der Waals surface area (Å²) in [4.78, 5) is 0. The average molecular weight is 348 g/mol. The molecule has 1 aliphatic rings. The van der Waals surface area contributed by atoms with Crippen LogP contribution in [0.4, 0.5) is 13.2 Å². The Balaban J connectivity index is 2.03. The van der Waals surface area contributed by atoms with Crippen LogP contribution in [0.1, 0.15) is 23.6 Å². The number of nitrogens with one attached hydrogen (secondary N) is 1. The second-order valence-corrected chi connectivity index (χ2v) is 6.75. The highest BCUT2D eigenvalue weighted by Gasteiger charge is 2.32. The zero-order valence-electron chi connectivity index (χ0n) is 13.8. The minimum Gasteiger partial charge on any atom is -0.390 e. The summed E-state index contributed by atoms with van der Waals surface area (Å²) in [5, 5.41) is 15.0. The molecule has 0 aliphatic carbocycles. The molecule has 1 aliphatic heterocycles. The molecule has 2 N–H and O–H groups in total. The largest absolute Gasteiger partial charge is 0.416 e. The Morgan fingerprint density at radius 3 is 2.44 bits per heavy atom. The highest BCUT2D eigenvalue weighted by molar-refractivity contribution is 6.08. The van der Waals surface area contributed by atoms with Crippen LogP contribution in [-0.4, -0.2) is 28.9 Å². The van der Waals surface area contributed by atoms with E-state index in [-0.39, 0.29) is 6.04 Å². The van der Waals surface area contributed by atoms with Crippen LogP contribution < -0.4 is 5.32 Å². The minimum absolute atomic E-state index is 0.152. The lowest BCUT2D eigenvalue weighted by Gasteiger charge is -2.31. The smallest absolute Gasteiger partial charge is 0.390 e. The van der Waals surface area contributed by atoms with E-state index in [0.29, 0.717) is 11.9 Å². The van der Waals surface area contributed by atoms with Gasteiger partial charge in [0.05, 0.1) is 17.7 Å². The first-order valence-electron chi connectivity index (χ1n) is 8.36. The first-order valence-corrected chi connectivity index (χ1v) is 8.36. The van der Waals surface area contributed by atoms with E-state index in [1.807, 2.05) is 29.7 Å². The van der Waals surface area contributed by atoms with Gasteiger partial charge in [-0.25, -0.2) is 0 Å². The van der Waals surface area contributed by atoms with E-state index >= 15 is 0 Å². The van der Waals surface area contributed by atoms with E-state index in [9.17, 15) is 18.3 Å². The third kappa shape index (κ3) is 2.69. The normalized spacial score (nSPS) is 22.0. The maximum Gasteiger partial charge on any atom is 0.416 e. The van der Waals surface area contributed by atoms with Gasteiger partial charge in [-0.1, -0.05) is 11.6 Å². The third-order valence-electron chi connectivity index (χ3n) is 5.03. The van der Waals surface area contributed by atoms with Crippen LogP contribution in [0.2, 0.25) is 0 Å². The molecule has 0 spiro atoms. The first-order chi connectivity index (χ1) is 11.9. The lowest BCUT2D eigenvalue weighted by Crippen LogP contribution is -2.41. The summed E-state index contributed by atoms with van der Waals surface area (Å²) in [7, 11) is 0. The maximum atomic E-state index is 13.2. The monoisotopic (exact) mass is 348 g/mol. The molecule has 132 valence electrons. The van der Waals surface area contributed by atoms with Gasteiger partial charge in [-0.3, -0.25) is 0 Å². The molecule has 1 saturated heterocycles. The van der Waals surface area contributed by atoms with Gasteiger partial charge in [0.1, 0.15) is 0 Å². The van der Waals surface area contributed by atoms with E-state index in [1.165, 1.54) is 12.1 Å². The first kappa shape index (κ1) is 16.4. The standard InChI is InChI=1S/C19H19F3N2O/c1-11-2-4-15-13(8-11)14-9-12(19(20,21)22)3-5-16(14)24(15)17-6-7-23-10-18(17)25/h2-5,8-9,17-18,23,25H,6-7,10H2,1H3/t17?,18-/m1/s1. The van der Waals surface area contributed by atoms with Gasteiger partial charge in [-0.05, 0) is 50.2 Å². The molecule has 0 saturated carbocycles. The van der Waals surface area contributed by atoms with Crippen LogP contribution in [0.5, 0.6) is 0 Å². The molecule has 2 aromatic carbocycles. The quantitative estimate of drug-likeness (QED) is 0.697. The van der Waals surface area contributed by atoms with Crippen molar-refractivity contribution >= 4 is 21.8 Å². The van der Waals surface area contributed by atoms with Crippen LogP contribution in [0.15, 0.2) is 36.4 Å². The Hall–Kier alpha value is -2.05. The number of hydrogen-bond donors (Lipinski definition) is 2. The summed E-state index contributed by atoms with van der Waals surface area (Å²) in [5.74, 6) is 0. The number of alkyl halides is 3. The fourth-order valence-corrected chi connectivity index (χ4v) is 3.83. The molecule has 2 atom stereocenters. The number of β-amino-alcohol motifs (C(OH)–C–C–N with tert-alkyl or cyclic N) is 1. The van der Waals surface area contributed by atoms with Gasteiger partial charge in [0.2, 0.25) is 0 Å². The fraction of sp³-hybridized carbons (Fsp3) is 0.368. The van der Waals surface area contributed by atoms with Gasteiger partial charge in [0.15, 0.2) is 0 Å². The molecule has 2 heterocycles. The van der Waals surface area contributed by atoms with Gasteiger partial charge in [0.25, 0.3) is 0 Å². The Morgan fingerprint density at radius 2 is 1.76 bits per heavy atom. The van der Waals surface area contributed by atoms with Gasteiger partial charge < -0.3 is 15.0 Å². The Morgan fingerprint density at radius 1 is 1.08 bits per heavy atom. The molecule has 3 nitrogen and oxygen atoms in total. The van der Waals surface area contributed by atoms with Gasteiger partial charge in [-0.2, -0.15) is 13.2 Å². The number of aliphatic hydroxyl groups is 1. The van der Waals surface area contributed by atoms with Gasteiger partial charge in [0, 0.05) is 28.4 Å². The summed E-state index contributed by atoms with van der Waals surface area (Å²) in [5.41, 5.74) is 1.95. The van der Waals surface area contributed by atoms with Crippen molar-refractivity contribution in [3.05, 3.63) is 47.5 Å². The van der Waals surface area contributed by atoms with Gasteiger partial charge in [-0.15, -0.1) is 0 Å². The highest BCUT2D eigenvalue weighted by Crippen LogP contribution is 2.38. The lowest BCUT2D eigenvalue weighted by atomic mass is 10.0. The molecule has 0 amide bonds.